The van der Waals surface area contributed by atoms with Crippen LogP contribution >= 0.6 is 0 Å². The molecule has 0 aliphatic carbocycles. The first kappa shape index (κ1) is 24.6. The van der Waals surface area contributed by atoms with E-state index < -0.39 is 0 Å². The number of hydrogen-bond donors (Lipinski definition) is 0. The van der Waals surface area contributed by atoms with Gasteiger partial charge in [-0.15, -0.1) is 0 Å². The van der Waals surface area contributed by atoms with Gasteiger partial charge in [0.1, 0.15) is 24.0 Å². The monoisotopic (exact) mass is 370 g/mol. The van der Waals surface area contributed by atoms with Gasteiger partial charge in [0.25, 0.3) is 0 Å². The van der Waals surface area contributed by atoms with E-state index in [1.54, 1.807) is 0 Å². The Labute approximate surface area is 157 Å². The van der Waals surface area contributed by atoms with Crippen molar-refractivity contribution in [3.05, 3.63) is 0 Å². The molecule has 26 heavy (non-hydrogen) atoms. The number of rotatable bonds is 17. The van der Waals surface area contributed by atoms with Crippen molar-refractivity contribution in [2.45, 2.75) is 66.2 Å². The standard InChI is InChI=1S/C20H34O6/c1-15(2)19(23)8-6-17(21)10-13-25-11-5-12-26-14-18(22)7-9-20(24)16(3)4/h15-16H,5-14H2,1-4H3. The van der Waals surface area contributed by atoms with Gasteiger partial charge in [-0.25, -0.2) is 0 Å². The van der Waals surface area contributed by atoms with Crippen LogP contribution in [-0.4, -0.2) is 49.6 Å². The maximum atomic E-state index is 11.6. The molecule has 0 fully saturated rings. The Morgan fingerprint density at radius 2 is 1.12 bits per heavy atom. The van der Waals surface area contributed by atoms with Crippen LogP contribution in [0.25, 0.3) is 0 Å². The zero-order chi connectivity index (χ0) is 19.9. The molecule has 0 bridgehead atoms. The fraction of sp³-hybridized carbons (Fsp3) is 0.800. The van der Waals surface area contributed by atoms with E-state index in [0.29, 0.717) is 39.1 Å². The van der Waals surface area contributed by atoms with Crippen LogP contribution in [0.3, 0.4) is 0 Å². The summed E-state index contributed by atoms with van der Waals surface area (Å²) in [6.07, 6.45) is 2.05. The number of Topliss-reactive ketones (excluding diaryl/α,β-unsaturated/α-hetero) is 4. The Balaban J connectivity index is 3.48. The molecule has 0 aliphatic heterocycles. The van der Waals surface area contributed by atoms with Gasteiger partial charge in [-0.2, -0.15) is 0 Å². The number of ether oxygens (including phenoxy) is 2. The summed E-state index contributed by atoms with van der Waals surface area (Å²) in [6, 6.07) is 0. The first-order valence-corrected chi connectivity index (χ1v) is 9.48. The van der Waals surface area contributed by atoms with Crippen LogP contribution in [0.5, 0.6) is 0 Å². The molecule has 0 atom stereocenters. The summed E-state index contributed by atoms with van der Waals surface area (Å²) in [6.45, 7) is 8.52. The van der Waals surface area contributed by atoms with Gasteiger partial charge in [0.05, 0.1) is 6.61 Å². The van der Waals surface area contributed by atoms with Crippen LogP contribution in [0.2, 0.25) is 0 Å². The van der Waals surface area contributed by atoms with Crippen LogP contribution in [0.1, 0.15) is 66.2 Å². The molecule has 0 spiro atoms. The van der Waals surface area contributed by atoms with Crippen molar-refractivity contribution in [3.63, 3.8) is 0 Å². The molecule has 0 aromatic carbocycles. The van der Waals surface area contributed by atoms with Gasteiger partial charge in [-0.3, -0.25) is 19.2 Å². The lowest BCUT2D eigenvalue weighted by Crippen LogP contribution is -2.14. The zero-order valence-corrected chi connectivity index (χ0v) is 16.7. The maximum Gasteiger partial charge on any atom is 0.158 e. The van der Waals surface area contributed by atoms with Crippen molar-refractivity contribution in [1.82, 2.24) is 0 Å². The maximum absolute atomic E-state index is 11.6. The van der Waals surface area contributed by atoms with Crippen molar-refractivity contribution < 1.29 is 28.7 Å². The van der Waals surface area contributed by atoms with Gasteiger partial charge in [0.15, 0.2) is 5.78 Å². The van der Waals surface area contributed by atoms with Gasteiger partial charge in [-0.05, 0) is 6.42 Å². The molecule has 150 valence electrons. The minimum atomic E-state index is -0.0681. The van der Waals surface area contributed by atoms with E-state index in [0.717, 1.165) is 0 Å². The lowest BCUT2D eigenvalue weighted by atomic mass is 10.0. The molecule has 0 amide bonds. The van der Waals surface area contributed by atoms with E-state index in [4.69, 9.17) is 9.47 Å². The summed E-state index contributed by atoms with van der Waals surface area (Å²) in [4.78, 5) is 46.0. The molecule has 0 heterocycles. The number of hydrogen-bond acceptors (Lipinski definition) is 6. The molecule has 0 unspecified atom stereocenters. The molecule has 0 aliphatic rings. The second-order valence-corrected chi connectivity index (χ2v) is 7.09. The third kappa shape index (κ3) is 13.8. The minimum Gasteiger partial charge on any atom is -0.381 e. The summed E-state index contributed by atoms with van der Waals surface area (Å²) in [5, 5.41) is 0. The number of carbonyl (C=O) groups excluding carboxylic acids is 4. The molecule has 0 radical (unpaired) electrons. The van der Waals surface area contributed by atoms with Crippen LogP contribution in [-0.2, 0) is 28.7 Å². The zero-order valence-electron chi connectivity index (χ0n) is 16.7. The summed E-state index contributed by atoms with van der Waals surface area (Å²) in [7, 11) is 0. The molecule has 0 saturated heterocycles. The smallest absolute Gasteiger partial charge is 0.158 e. The lowest BCUT2D eigenvalue weighted by Gasteiger charge is -2.06. The Morgan fingerprint density at radius 1 is 0.615 bits per heavy atom. The summed E-state index contributed by atoms with van der Waals surface area (Å²) in [5.74, 6) is 0.109. The Hall–Kier alpha value is -1.40. The predicted octanol–water partition coefficient (Wildman–Crippen LogP) is 2.95. The van der Waals surface area contributed by atoms with Crippen molar-refractivity contribution in [3.8, 4) is 0 Å². The highest BCUT2D eigenvalue weighted by Crippen LogP contribution is 2.04. The molecule has 0 aromatic rings. The van der Waals surface area contributed by atoms with Crippen LogP contribution < -0.4 is 0 Å². The fourth-order valence-electron chi connectivity index (χ4n) is 2.04. The fourth-order valence-corrected chi connectivity index (χ4v) is 2.04. The van der Waals surface area contributed by atoms with Crippen LogP contribution in [0.15, 0.2) is 0 Å². The van der Waals surface area contributed by atoms with Crippen molar-refractivity contribution >= 4 is 23.1 Å². The summed E-state index contributed by atoms with van der Waals surface area (Å²) in [5.41, 5.74) is 0. The van der Waals surface area contributed by atoms with E-state index in [9.17, 15) is 19.2 Å². The van der Waals surface area contributed by atoms with Gasteiger partial charge < -0.3 is 9.47 Å². The molecule has 0 aromatic heterocycles. The number of ketones is 4. The SMILES string of the molecule is CC(C)C(=O)CCC(=O)CCOCCCOCC(=O)CCC(=O)C(C)C. The van der Waals surface area contributed by atoms with Crippen molar-refractivity contribution in [1.29, 1.82) is 0 Å². The van der Waals surface area contributed by atoms with Crippen molar-refractivity contribution in [2.75, 3.05) is 26.4 Å². The Kier molecular flexibility index (Phi) is 13.9. The normalized spacial score (nSPS) is 11.2. The van der Waals surface area contributed by atoms with Gasteiger partial charge in [0, 0.05) is 57.2 Å². The average molecular weight is 370 g/mol. The second kappa shape index (κ2) is 14.7. The van der Waals surface area contributed by atoms with E-state index in [1.807, 2.05) is 27.7 Å². The second-order valence-electron chi connectivity index (χ2n) is 7.09. The Bertz CT molecular complexity index is 411. The topological polar surface area (TPSA) is 86.7 Å². The molecule has 6 nitrogen and oxygen atoms in total. The van der Waals surface area contributed by atoms with Gasteiger partial charge >= 0.3 is 0 Å². The summed E-state index contributed by atoms with van der Waals surface area (Å²) < 4.78 is 10.6. The lowest BCUT2D eigenvalue weighted by molar-refractivity contribution is -0.128. The highest BCUT2D eigenvalue weighted by molar-refractivity contribution is 5.87. The van der Waals surface area contributed by atoms with Crippen LogP contribution in [0.4, 0.5) is 0 Å². The van der Waals surface area contributed by atoms with E-state index in [1.165, 1.54) is 0 Å². The first-order chi connectivity index (χ1) is 12.2. The first-order valence-electron chi connectivity index (χ1n) is 9.48. The molecule has 0 rings (SSSR count). The van der Waals surface area contributed by atoms with E-state index >= 15 is 0 Å². The van der Waals surface area contributed by atoms with Gasteiger partial charge in [0.2, 0.25) is 0 Å². The minimum absolute atomic E-state index is 0.0216. The number of carbonyl (C=O) groups is 4. The molecule has 0 saturated carbocycles. The highest BCUT2D eigenvalue weighted by atomic mass is 16.5. The largest absolute Gasteiger partial charge is 0.381 e. The predicted molar refractivity (Wildman–Crippen MR) is 99.0 cm³/mol. The Morgan fingerprint density at radius 3 is 1.65 bits per heavy atom. The van der Waals surface area contributed by atoms with Gasteiger partial charge in [-0.1, -0.05) is 27.7 Å². The third-order valence-corrected chi connectivity index (χ3v) is 3.95. The molecule has 0 N–H and O–H groups in total. The van der Waals surface area contributed by atoms with E-state index in [-0.39, 0.29) is 60.8 Å². The quantitative estimate of drug-likeness (QED) is 0.366. The highest BCUT2D eigenvalue weighted by Gasteiger charge is 2.11. The average Bonchev–Trinajstić information content (AvgIpc) is 2.59. The molecular weight excluding hydrogens is 336 g/mol. The summed E-state index contributed by atoms with van der Waals surface area (Å²) >= 11 is 0. The molecular formula is C20H34O6. The third-order valence-electron chi connectivity index (χ3n) is 3.95. The van der Waals surface area contributed by atoms with E-state index in [2.05, 4.69) is 0 Å². The van der Waals surface area contributed by atoms with Crippen LogP contribution in [0, 0.1) is 11.8 Å². The molecule has 6 heteroatoms. The van der Waals surface area contributed by atoms with Crippen molar-refractivity contribution in [2.24, 2.45) is 11.8 Å².